The predicted octanol–water partition coefficient (Wildman–Crippen LogP) is 3.45. The van der Waals surface area contributed by atoms with Gasteiger partial charge in [-0.3, -0.25) is 0 Å². The van der Waals surface area contributed by atoms with Crippen LogP contribution in [0.2, 0.25) is 10.0 Å². The van der Waals surface area contributed by atoms with Gasteiger partial charge in [0.2, 0.25) is 0 Å². The van der Waals surface area contributed by atoms with Gasteiger partial charge in [-0.1, -0.05) is 29.3 Å². The van der Waals surface area contributed by atoms with E-state index in [1.807, 2.05) is 12.1 Å². The van der Waals surface area contributed by atoms with Crippen LogP contribution in [-0.2, 0) is 6.42 Å². The first-order valence-corrected chi connectivity index (χ1v) is 5.51. The lowest BCUT2D eigenvalue weighted by atomic mass is 9.76. The summed E-state index contributed by atoms with van der Waals surface area (Å²) in [6.45, 7) is 0. The maximum absolute atomic E-state index is 9.95. The van der Waals surface area contributed by atoms with Gasteiger partial charge >= 0.3 is 0 Å². The lowest BCUT2D eigenvalue weighted by molar-refractivity contribution is -0.0322. The molecule has 0 unspecified atom stereocenters. The van der Waals surface area contributed by atoms with Crippen LogP contribution >= 0.6 is 23.2 Å². The topological polar surface area (TPSA) is 20.2 Å². The first kappa shape index (κ1) is 10.3. The Balaban J connectivity index is 2.13. The van der Waals surface area contributed by atoms with Gasteiger partial charge in [0.1, 0.15) is 0 Å². The molecule has 2 rings (SSSR count). The van der Waals surface area contributed by atoms with Crippen LogP contribution in [0.5, 0.6) is 0 Å². The monoisotopic (exact) mass is 230 g/mol. The van der Waals surface area contributed by atoms with Crippen LogP contribution in [0.3, 0.4) is 0 Å². The van der Waals surface area contributed by atoms with Crippen LogP contribution in [0.25, 0.3) is 0 Å². The van der Waals surface area contributed by atoms with Crippen molar-refractivity contribution in [2.75, 3.05) is 0 Å². The molecule has 0 bridgehead atoms. The largest absolute Gasteiger partial charge is 0.390 e. The van der Waals surface area contributed by atoms with E-state index in [1.54, 1.807) is 6.07 Å². The molecular weight excluding hydrogens is 219 g/mol. The van der Waals surface area contributed by atoms with Crippen molar-refractivity contribution >= 4 is 23.2 Å². The molecule has 0 aromatic heterocycles. The van der Waals surface area contributed by atoms with E-state index in [-0.39, 0.29) is 0 Å². The van der Waals surface area contributed by atoms with Gasteiger partial charge in [0, 0.05) is 6.42 Å². The van der Waals surface area contributed by atoms with E-state index < -0.39 is 5.60 Å². The summed E-state index contributed by atoms with van der Waals surface area (Å²) in [6, 6.07) is 5.53. The van der Waals surface area contributed by atoms with Crippen molar-refractivity contribution in [1.29, 1.82) is 0 Å². The zero-order chi connectivity index (χ0) is 10.2. The minimum Gasteiger partial charge on any atom is -0.390 e. The Labute approximate surface area is 93.7 Å². The van der Waals surface area contributed by atoms with Gasteiger partial charge in [-0.15, -0.1) is 0 Å². The van der Waals surface area contributed by atoms with E-state index in [0.29, 0.717) is 16.5 Å². The van der Waals surface area contributed by atoms with E-state index in [0.717, 1.165) is 24.8 Å². The van der Waals surface area contributed by atoms with Crippen molar-refractivity contribution in [2.24, 2.45) is 0 Å². The molecule has 0 atom stereocenters. The Morgan fingerprint density at radius 2 is 1.93 bits per heavy atom. The molecule has 0 amide bonds. The lowest BCUT2D eigenvalue weighted by Gasteiger charge is -2.36. The zero-order valence-electron chi connectivity index (χ0n) is 7.76. The summed E-state index contributed by atoms with van der Waals surface area (Å²) in [5.74, 6) is 0. The van der Waals surface area contributed by atoms with Crippen molar-refractivity contribution in [2.45, 2.75) is 31.3 Å². The number of rotatable bonds is 2. The third-order valence-corrected chi connectivity index (χ3v) is 3.54. The summed E-state index contributed by atoms with van der Waals surface area (Å²) in [6.07, 6.45) is 3.60. The van der Waals surface area contributed by atoms with Gasteiger partial charge in [-0.05, 0) is 37.0 Å². The van der Waals surface area contributed by atoms with Crippen LogP contribution in [0, 0.1) is 0 Å². The lowest BCUT2D eigenvalue weighted by Crippen LogP contribution is -2.38. The average Bonchev–Trinajstić information content (AvgIpc) is 2.09. The summed E-state index contributed by atoms with van der Waals surface area (Å²) < 4.78 is 0. The molecular formula is C11H12Cl2O. The fourth-order valence-corrected chi connectivity index (χ4v) is 2.11. The number of hydrogen-bond acceptors (Lipinski definition) is 1. The zero-order valence-corrected chi connectivity index (χ0v) is 9.28. The molecule has 1 aromatic carbocycles. The smallest absolute Gasteiger partial charge is 0.0688 e. The van der Waals surface area contributed by atoms with E-state index in [2.05, 4.69) is 0 Å². The van der Waals surface area contributed by atoms with Gasteiger partial charge in [-0.25, -0.2) is 0 Å². The van der Waals surface area contributed by atoms with Crippen LogP contribution < -0.4 is 0 Å². The number of aliphatic hydroxyl groups is 1. The SMILES string of the molecule is OC1(Cc2ccc(Cl)c(Cl)c2)CCC1. The van der Waals surface area contributed by atoms with Gasteiger partial charge in [0.25, 0.3) is 0 Å². The third kappa shape index (κ3) is 2.05. The maximum Gasteiger partial charge on any atom is 0.0688 e. The summed E-state index contributed by atoms with van der Waals surface area (Å²) in [5.41, 5.74) is 0.568. The van der Waals surface area contributed by atoms with Crippen LogP contribution in [0.1, 0.15) is 24.8 Å². The standard InChI is InChI=1S/C11H12Cl2O/c12-9-3-2-8(6-10(9)13)7-11(14)4-1-5-11/h2-3,6,14H,1,4-5,7H2. The molecule has 1 N–H and O–H groups in total. The molecule has 1 aliphatic rings. The minimum atomic E-state index is -0.489. The van der Waals surface area contributed by atoms with E-state index in [9.17, 15) is 5.11 Å². The van der Waals surface area contributed by atoms with Crippen LogP contribution in [0.15, 0.2) is 18.2 Å². The van der Waals surface area contributed by atoms with Crippen molar-refractivity contribution in [3.8, 4) is 0 Å². The second-order valence-electron chi connectivity index (χ2n) is 4.00. The Morgan fingerprint density at radius 1 is 1.21 bits per heavy atom. The molecule has 0 heterocycles. The Bertz CT molecular complexity index is 345. The molecule has 1 nitrogen and oxygen atoms in total. The summed E-state index contributed by atoms with van der Waals surface area (Å²) >= 11 is 11.7. The maximum atomic E-state index is 9.95. The first-order chi connectivity index (χ1) is 6.59. The fourth-order valence-electron chi connectivity index (χ4n) is 1.79. The fraction of sp³-hybridized carbons (Fsp3) is 0.455. The van der Waals surface area contributed by atoms with Crippen molar-refractivity contribution in [3.63, 3.8) is 0 Å². The highest BCUT2D eigenvalue weighted by Crippen LogP contribution is 2.35. The molecule has 0 radical (unpaired) electrons. The van der Waals surface area contributed by atoms with Crippen molar-refractivity contribution < 1.29 is 5.11 Å². The van der Waals surface area contributed by atoms with Crippen molar-refractivity contribution in [1.82, 2.24) is 0 Å². The van der Waals surface area contributed by atoms with E-state index in [4.69, 9.17) is 23.2 Å². The Kier molecular flexibility index (Phi) is 2.74. The normalized spacial score (nSPS) is 19.1. The second-order valence-corrected chi connectivity index (χ2v) is 4.82. The van der Waals surface area contributed by atoms with Crippen LogP contribution in [0.4, 0.5) is 0 Å². The molecule has 3 heteroatoms. The molecule has 0 spiro atoms. The first-order valence-electron chi connectivity index (χ1n) is 4.75. The van der Waals surface area contributed by atoms with Crippen LogP contribution in [-0.4, -0.2) is 10.7 Å². The minimum absolute atomic E-state index is 0.489. The number of halogens is 2. The molecule has 1 saturated carbocycles. The highest BCUT2D eigenvalue weighted by Gasteiger charge is 2.34. The molecule has 76 valence electrons. The average molecular weight is 231 g/mol. The molecule has 0 aliphatic heterocycles. The van der Waals surface area contributed by atoms with Crippen molar-refractivity contribution in [3.05, 3.63) is 33.8 Å². The molecule has 14 heavy (non-hydrogen) atoms. The third-order valence-electron chi connectivity index (χ3n) is 2.80. The molecule has 1 aromatic rings. The summed E-state index contributed by atoms with van der Waals surface area (Å²) in [4.78, 5) is 0. The molecule has 1 fully saturated rings. The summed E-state index contributed by atoms with van der Waals surface area (Å²) in [7, 11) is 0. The number of hydrogen-bond donors (Lipinski definition) is 1. The van der Waals surface area contributed by atoms with Gasteiger partial charge in [0.15, 0.2) is 0 Å². The summed E-state index contributed by atoms with van der Waals surface area (Å²) in [5, 5.41) is 11.1. The quantitative estimate of drug-likeness (QED) is 0.826. The molecule has 1 aliphatic carbocycles. The highest BCUT2D eigenvalue weighted by atomic mass is 35.5. The van der Waals surface area contributed by atoms with E-state index >= 15 is 0 Å². The molecule has 0 saturated heterocycles. The Hall–Kier alpha value is -0.240. The second kappa shape index (κ2) is 3.73. The van der Waals surface area contributed by atoms with Gasteiger partial charge < -0.3 is 5.11 Å². The van der Waals surface area contributed by atoms with E-state index in [1.165, 1.54) is 0 Å². The van der Waals surface area contributed by atoms with Gasteiger partial charge in [-0.2, -0.15) is 0 Å². The van der Waals surface area contributed by atoms with Gasteiger partial charge in [0.05, 0.1) is 15.6 Å². The predicted molar refractivity (Wildman–Crippen MR) is 59.0 cm³/mol. The Morgan fingerprint density at radius 3 is 2.43 bits per heavy atom. The highest BCUT2D eigenvalue weighted by molar-refractivity contribution is 6.42. The number of benzene rings is 1.